The van der Waals surface area contributed by atoms with Gasteiger partial charge in [-0.3, -0.25) is 0 Å². The van der Waals surface area contributed by atoms with Crippen LogP contribution in [0.1, 0.15) is 11.1 Å². The molecule has 0 fully saturated rings. The van der Waals surface area contributed by atoms with Crippen molar-refractivity contribution in [3.8, 4) is 11.5 Å². The number of fused-ring (bicyclic) bond motifs is 2. The summed E-state index contributed by atoms with van der Waals surface area (Å²) in [5, 5.41) is 1.14. The normalized spacial score (nSPS) is 13.6. The van der Waals surface area contributed by atoms with Crippen molar-refractivity contribution in [2.75, 3.05) is 13.2 Å². The molecule has 3 aromatic rings. The topological polar surface area (TPSA) is 47.1 Å². The van der Waals surface area contributed by atoms with Gasteiger partial charge in [0.05, 0.1) is 0 Å². The number of ether oxygens (including phenoxy) is 2. The molecule has 1 aromatic carbocycles. The van der Waals surface area contributed by atoms with Gasteiger partial charge >= 0.3 is 0 Å². The number of hydrogen-bond acceptors (Lipinski definition) is 3. The largest absolute Gasteiger partial charge is 0.486 e. The summed E-state index contributed by atoms with van der Waals surface area (Å²) in [6, 6.07) is 8.20. The molecule has 0 spiro atoms. The maximum Gasteiger partial charge on any atom is 0.161 e. The van der Waals surface area contributed by atoms with Crippen LogP contribution in [0.15, 0.2) is 41.1 Å². The third kappa shape index (κ3) is 2.38. The quantitative estimate of drug-likeness (QED) is 0.771. The van der Waals surface area contributed by atoms with Crippen LogP contribution in [0.3, 0.4) is 0 Å². The predicted molar refractivity (Wildman–Crippen MR) is 84.0 cm³/mol. The smallest absolute Gasteiger partial charge is 0.161 e. The van der Waals surface area contributed by atoms with Crippen molar-refractivity contribution in [3.05, 3.63) is 52.3 Å². The number of H-pyrrole nitrogens is 1. The molecule has 21 heavy (non-hydrogen) atoms. The second-order valence-corrected chi connectivity index (χ2v) is 5.93. The molecule has 4 nitrogen and oxygen atoms in total. The lowest BCUT2D eigenvalue weighted by Gasteiger charge is -2.18. The number of hydrogen-bond donors (Lipinski definition) is 1. The molecular formula is C16H13BrN2O2. The average Bonchev–Trinajstić information content (AvgIpc) is 2.89. The van der Waals surface area contributed by atoms with Crippen molar-refractivity contribution < 1.29 is 9.47 Å². The van der Waals surface area contributed by atoms with E-state index in [1.807, 2.05) is 12.3 Å². The Labute approximate surface area is 130 Å². The lowest BCUT2D eigenvalue weighted by atomic mass is 10.0. The highest BCUT2D eigenvalue weighted by molar-refractivity contribution is 9.10. The first-order valence-corrected chi connectivity index (χ1v) is 7.59. The number of benzene rings is 1. The number of halogens is 1. The van der Waals surface area contributed by atoms with Crippen LogP contribution < -0.4 is 9.47 Å². The van der Waals surface area contributed by atoms with Crippen molar-refractivity contribution in [2.45, 2.75) is 6.42 Å². The molecule has 0 bridgehead atoms. The van der Waals surface area contributed by atoms with E-state index in [0.717, 1.165) is 33.4 Å². The maximum absolute atomic E-state index is 5.64. The molecule has 4 rings (SSSR count). The van der Waals surface area contributed by atoms with Gasteiger partial charge in [0.15, 0.2) is 11.5 Å². The molecule has 106 valence electrons. The fourth-order valence-electron chi connectivity index (χ4n) is 2.60. The molecule has 0 saturated carbocycles. The number of nitrogens with zero attached hydrogens (tertiary/aromatic N) is 1. The highest BCUT2D eigenvalue weighted by Crippen LogP contribution is 2.32. The second kappa shape index (κ2) is 5.07. The average molecular weight is 345 g/mol. The van der Waals surface area contributed by atoms with Gasteiger partial charge in [-0.25, -0.2) is 4.98 Å². The number of rotatable bonds is 2. The summed E-state index contributed by atoms with van der Waals surface area (Å²) in [5.74, 6) is 1.66. The van der Waals surface area contributed by atoms with Gasteiger partial charge in [0, 0.05) is 22.3 Å². The fourth-order valence-corrected chi connectivity index (χ4v) is 2.93. The van der Waals surface area contributed by atoms with E-state index in [4.69, 9.17) is 9.47 Å². The lowest BCUT2D eigenvalue weighted by molar-refractivity contribution is 0.171. The van der Waals surface area contributed by atoms with Crippen LogP contribution in [-0.4, -0.2) is 23.2 Å². The summed E-state index contributed by atoms with van der Waals surface area (Å²) in [6.45, 7) is 1.23. The predicted octanol–water partition coefficient (Wildman–Crippen LogP) is 3.69. The summed E-state index contributed by atoms with van der Waals surface area (Å²) in [6.07, 6.45) is 4.64. The van der Waals surface area contributed by atoms with Crippen LogP contribution in [0, 0.1) is 0 Å². The molecule has 0 atom stereocenters. The molecule has 2 aromatic heterocycles. The number of aromatic nitrogens is 2. The van der Waals surface area contributed by atoms with E-state index in [1.54, 1.807) is 6.20 Å². The highest BCUT2D eigenvalue weighted by Gasteiger charge is 2.13. The third-order valence-corrected chi connectivity index (χ3v) is 4.02. The van der Waals surface area contributed by atoms with E-state index in [1.165, 1.54) is 11.1 Å². The van der Waals surface area contributed by atoms with Crippen molar-refractivity contribution in [3.63, 3.8) is 0 Å². The van der Waals surface area contributed by atoms with Crippen molar-refractivity contribution >= 4 is 27.0 Å². The molecular weight excluding hydrogens is 332 g/mol. The Bertz CT molecular complexity index is 813. The zero-order valence-corrected chi connectivity index (χ0v) is 12.8. The summed E-state index contributed by atoms with van der Waals surface area (Å²) in [5.41, 5.74) is 3.32. The molecule has 3 heterocycles. The minimum Gasteiger partial charge on any atom is -0.486 e. The van der Waals surface area contributed by atoms with Gasteiger partial charge in [-0.2, -0.15) is 0 Å². The van der Waals surface area contributed by atoms with E-state index >= 15 is 0 Å². The Hall–Kier alpha value is -2.01. The monoisotopic (exact) mass is 344 g/mol. The van der Waals surface area contributed by atoms with Crippen LogP contribution in [0.5, 0.6) is 11.5 Å². The zero-order chi connectivity index (χ0) is 14.2. The van der Waals surface area contributed by atoms with Crippen molar-refractivity contribution in [2.24, 2.45) is 0 Å². The third-order valence-electron chi connectivity index (χ3n) is 3.58. The van der Waals surface area contributed by atoms with Gasteiger partial charge in [0.2, 0.25) is 0 Å². The Morgan fingerprint density at radius 3 is 2.90 bits per heavy atom. The van der Waals surface area contributed by atoms with Crippen LogP contribution in [0.2, 0.25) is 0 Å². The Morgan fingerprint density at radius 2 is 2.00 bits per heavy atom. The van der Waals surface area contributed by atoms with E-state index in [2.05, 4.69) is 44.1 Å². The molecule has 0 radical (unpaired) electrons. The summed E-state index contributed by atoms with van der Waals surface area (Å²) < 4.78 is 12.2. The second-order valence-electron chi connectivity index (χ2n) is 5.02. The Balaban J connectivity index is 1.69. The van der Waals surface area contributed by atoms with Gasteiger partial charge in [-0.1, -0.05) is 6.07 Å². The summed E-state index contributed by atoms with van der Waals surface area (Å²) in [7, 11) is 0. The Morgan fingerprint density at radius 1 is 1.14 bits per heavy atom. The molecule has 0 saturated heterocycles. The molecule has 0 aliphatic carbocycles. The van der Waals surface area contributed by atoms with Crippen LogP contribution in [-0.2, 0) is 6.42 Å². The minimum absolute atomic E-state index is 0.612. The van der Waals surface area contributed by atoms with E-state index < -0.39 is 0 Å². The van der Waals surface area contributed by atoms with Crippen molar-refractivity contribution in [1.29, 1.82) is 0 Å². The molecule has 0 unspecified atom stereocenters. The minimum atomic E-state index is 0.612. The van der Waals surface area contributed by atoms with Gasteiger partial charge in [0.25, 0.3) is 0 Å². The van der Waals surface area contributed by atoms with Crippen LogP contribution >= 0.6 is 15.9 Å². The number of aromatic amines is 1. The first-order chi connectivity index (χ1) is 10.3. The molecule has 1 N–H and O–H groups in total. The number of nitrogens with one attached hydrogen (secondary N) is 1. The SMILES string of the molecule is Brc1cnc2[nH]cc(Cc3ccc4c(c3)OCCO4)c2c1. The first kappa shape index (κ1) is 12.7. The first-order valence-electron chi connectivity index (χ1n) is 6.79. The van der Waals surface area contributed by atoms with Gasteiger partial charge in [0.1, 0.15) is 18.9 Å². The number of pyridine rings is 1. The zero-order valence-electron chi connectivity index (χ0n) is 11.2. The standard InChI is InChI=1S/C16H13BrN2O2/c17-12-7-13-11(8-18-16(13)19-9-12)5-10-1-2-14-15(6-10)21-4-3-20-14/h1-2,6-9H,3-5H2,(H,18,19). The van der Waals surface area contributed by atoms with Gasteiger partial charge in [-0.05, 0) is 51.7 Å². The van der Waals surface area contributed by atoms with Crippen molar-refractivity contribution in [1.82, 2.24) is 9.97 Å². The Kier molecular flexibility index (Phi) is 3.07. The molecule has 1 aliphatic rings. The van der Waals surface area contributed by atoms with E-state index in [9.17, 15) is 0 Å². The summed E-state index contributed by atoms with van der Waals surface area (Å²) in [4.78, 5) is 7.58. The van der Waals surface area contributed by atoms with Crippen LogP contribution in [0.25, 0.3) is 11.0 Å². The highest BCUT2D eigenvalue weighted by atomic mass is 79.9. The fraction of sp³-hybridized carbons (Fsp3) is 0.188. The molecule has 5 heteroatoms. The lowest BCUT2D eigenvalue weighted by Crippen LogP contribution is -2.15. The van der Waals surface area contributed by atoms with Crippen LogP contribution in [0.4, 0.5) is 0 Å². The van der Waals surface area contributed by atoms with Gasteiger partial charge < -0.3 is 14.5 Å². The van der Waals surface area contributed by atoms with Gasteiger partial charge in [-0.15, -0.1) is 0 Å². The molecule has 0 amide bonds. The summed E-state index contributed by atoms with van der Waals surface area (Å²) >= 11 is 3.47. The maximum atomic E-state index is 5.64. The van der Waals surface area contributed by atoms with E-state index in [-0.39, 0.29) is 0 Å². The molecule has 1 aliphatic heterocycles. The van der Waals surface area contributed by atoms with E-state index in [0.29, 0.717) is 13.2 Å².